The largest absolute Gasteiger partial charge is 0.462 e. The van der Waals surface area contributed by atoms with E-state index >= 15 is 0 Å². The van der Waals surface area contributed by atoms with Crippen molar-refractivity contribution < 1.29 is 9.53 Å². The van der Waals surface area contributed by atoms with E-state index in [0.717, 1.165) is 36.9 Å². The zero-order valence-electron chi connectivity index (χ0n) is 15.9. The van der Waals surface area contributed by atoms with Gasteiger partial charge in [0.25, 0.3) is 0 Å². The van der Waals surface area contributed by atoms with Crippen molar-refractivity contribution in [1.82, 2.24) is 4.57 Å². The molecule has 0 unspecified atom stereocenters. The third-order valence-corrected chi connectivity index (χ3v) is 4.69. The van der Waals surface area contributed by atoms with Crippen LogP contribution in [0.15, 0.2) is 59.4 Å². The molecule has 27 heavy (non-hydrogen) atoms. The third-order valence-electron chi connectivity index (χ3n) is 4.69. The molecule has 0 N–H and O–H groups in total. The van der Waals surface area contributed by atoms with E-state index in [2.05, 4.69) is 11.5 Å². The van der Waals surface area contributed by atoms with Gasteiger partial charge in [0.05, 0.1) is 17.8 Å². The lowest BCUT2D eigenvalue weighted by Gasteiger charge is -2.20. The van der Waals surface area contributed by atoms with Crippen LogP contribution in [-0.4, -0.2) is 17.1 Å². The van der Waals surface area contributed by atoms with Gasteiger partial charge in [0.15, 0.2) is 0 Å². The molecule has 3 aromatic rings. The van der Waals surface area contributed by atoms with Crippen molar-refractivity contribution in [3.8, 4) is 11.3 Å². The SMILES string of the molecule is CCCCCn1c(-c2ccccc2)c(C(=O)OCC)c(=O)c2ccccc21. The number of pyridine rings is 1. The van der Waals surface area contributed by atoms with Crippen LogP contribution in [-0.2, 0) is 11.3 Å². The number of carbonyl (C=O) groups excluding carboxylic acids is 1. The smallest absolute Gasteiger partial charge is 0.344 e. The van der Waals surface area contributed by atoms with Gasteiger partial charge in [-0.3, -0.25) is 4.79 Å². The van der Waals surface area contributed by atoms with Crippen LogP contribution >= 0.6 is 0 Å². The number of fused-ring (bicyclic) bond motifs is 1. The average Bonchev–Trinajstić information content (AvgIpc) is 2.70. The first-order chi connectivity index (χ1) is 13.2. The molecule has 2 aromatic carbocycles. The van der Waals surface area contributed by atoms with Gasteiger partial charge in [0, 0.05) is 11.9 Å². The van der Waals surface area contributed by atoms with Gasteiger partial charge >= 0.3 is 5.97 Å². The topological polar surface area (TPSA) is 48.3 Å². The number of ether oxygens (including phenoxy) is 1. The molecule has 140 valence electrons. The van der Waals surface area contributed by atoms with Crippen molar-refractivity contribution in [2.75, 3.05) is 6.61 Å². The number of unbranched alkanes of at least 4 members (excludes halogenated alkanes) is 2. The number of para-hydroxylation sites is 1. The van der Waals surface area contributed by atoms with Gasteiger partial charge in [-0.1, -0.05) is 62.2 Å². The number of hydrogen-bond acceptors (Lipinski definition) is 3. The van der Waals surface area contributed by atoms with Gasteiger partial charge in [0.2, 0.25) is 5.43 Å². The lowest BCUT2D eigenvalue weighted by atomic mass is 10.0. The second-order valence-electron chi connectivity index (χ2n) is 6.52. The normalized spacial score (nSPS) is 10.9. The van der Waals surface area contributed by atoms with Crippen LogP contribution in [0.25, 0.3) is 22.2 Å². The highest BCUT2D eigenvalue weighted by molar-refractivity contribution is 6.00. The predicted molar refractivity (Wildman–Crippen MR) is 109 cm³/mol. The van der Waals surface area contributed by atoms with Gasteiger partial charge in [-0.25, -0.2) is 4.79 Å². The maximum absolute atomic E-state index is 13.2. The van der Waals surface area contributed by atoms with Crippen molar-refractivity contribution in [2.45, 2.75) is 39.7 Å². The Balaban J connectivity index is 2.37. The Morgan fingerprint density at radius 3 is 2.37 bits per heavy atom. The highest BCUT2D eigenvalue weighted by Crippen LogP contribution is 2.27. The van der Waals surface area contributed by atoms with Gasteiger partial charge in [-0.15, -0.1) is 0 Å². The minimum atomic E-state index is -0.559. The van der Waals surface area contributed by atoms with Crippen molar-refractivity contribution in [1.29, 1.82) is 0 Å². The molecule has 1 aromatic heterocycles. The summed E-state index contributed by atoms with van der Waals surface area (Å²) in [6.07, 6.45) is 3.17. The summed E-state index contributed by atoms with van der Waals surface area (Å²) in [4.78, 5) is 26.0. The van der Waals surface area contributed by atoms with Crippen LogP contribution in [0.4, 0.5) is 0 Å². The Morgan fingerprint density at radius 1 is 0.963 bits per heavy atom. The Morgan fingerprint density at radius 2 is 1.67 bits per heavy atom. The second-order valence-corrected chi connectivity index (χ2v) is 6.52. The lowest BCUT2D eigenvalue weighted by molar-refractivity contribution is 0.0525. The third kappa shape index (κ3) is 3.80. The molecule has 4 nitrogen and oxygen atoms in total. The fourth-order valence-electron chi connectivity index (χ4n) is 3.44. The first-order valence-electron chi connectivity index (χ1n) is 9.57. The molecule has 0 saturated heterocycles. The van der Waals surface area contributed by atoms with Crippen LogP contribution < -0.4 is 5.43 Å². The summed E-state index contributed by atoms with van der Waals surface area (Å²) in [6.45, 7) is 4.88. The van der Waals surface area contributed by atoms with Gasteiger partial charge in [-0.05, 0) is 31.0 Å². The van der Waals surface area contributed by atoms with Crippen molar-refractivity contribution in [3.63, 3.8) is 0 Å². The maximum Gasteiger partial charge on any atom is 0.344 e. The first kappa shape index (κ1) is 18.9. The molecule has 0 aliphatic heterocycles. The fraction of sp³-hybridized carbons (Fsp3) is 0.304. The number of hydrogen-bond donors (Lipinski definition) is 0. The van der Waals surface area contributed by atoms with E-state index in [4.69, 9.17) is 4.74 Å². The van der Waals surface area contributed by atoms with E-state index in [0.29, 0.717) is 11.1 Å². The van der Waals surface area contributed by atoms with Gasteiger partial charge in [-0.2, -0.15) is 0 Å². The highest BCUT2D eigenvalue weighted by Gasteiger charge is 2.24. The number of nitrogens with zero attached hydrogens (tertiary/aromatic N) is 1. The number of carbonyl (C=O) groups is 1. The van der Waals surface area contributed by atoms with Crippen LogP contribution in [0.1, 0.15) is 43.5 Å². The van der Waals surface area contributed by atoms with Crippen molar-refractivity contribution in [3.05, 3.63) is 70.4 Å². The number of esters is 1. The Kier molecular flexibility index (Phi) is 6.07. The van der Waals surface area contributed by atoms with Crippen LogP contribution in [0.3, 0.4) is 0 Å². The van der Waals surface area contributed by atoms with Crippen molar-refractivity contribution >= 4 is 16.9 Å². The van der Waals surface area contributed by atoms with E-state index in [9.17, 15) is 9.59 Å². The van der Waals surface area contributed by atoms with Gasteiger partial charge in [0.1, 0.15) is 5.56 Å². The zero-order valence-corrected chi connectivity index (χ0v) is 15.9. The summed E-state index contributed by atoms with van der Waals surface area (Å²) in [5.74, 6) is -0.559. The molecule has 0 bridgehead atoms. The molecule has 0 amide bonds. The summed E-state index contributed by atoms with van der Waals surface area (Å²) < 4.78 is 7.35. The average molecular weight is 363 g/mol. The van der Waals surface area contributed by atoms with Crippen LogP contribution in [0, 0.1) is 0 Å². The van der Waals surface area contributed by atoms with Gasteiger partial charge < -0.3 is 9.30 Å². The minimum Gasteiger partial charge on any atom is -0.462 e. The Hall–Kier alpha value is -2.88. The van der Waals surface area contributed by atoms with E-state index in [-0.39, 0.29) is 17.6 Å². The Labute approximate surface area is 159 Å². The quantitative estimate of drug-likeness (QED) is 0.437. The number of benzene rings is 2. The summed E-state index contributed by atoms with van der Waals surface area (Å²) in [7, 11) is 0. The molecule has 0 fully saturated rings. The molecule has 0 radical (unpaired) electrons. The van der Waals surface area contributed by atoms with E-state index in [1.807, 2.05) is 48.5 Å². The maximum atomic E-state index is 13.2. The van der Waals surface area contributed by atoms with E-state index < -0.39 is 5.97 Å². The monoisotopic (exact) mass is 363 g/mol. The zero-order chi connectivity index (χ0) is 19.2. The predicted octanol–water partition coefficient (Wildman–Crippen LogP) is 5.04. The molecule has 0 aliphatic carbocycles. The number of aromatic nitrogens is 1. The molecule has 4 heteroatoms. The molecule has 0 aliphatic rings. The molecule has 0 atom stereocenters. The molecule has 3 rings (SSSR count). The summed E-state index contributed by atoms with van der Waals surface area (Å²) in [5.41, 5.74) is 2.20. The van der Waals surface area contributed by atoms with E-state index in [1.54, 1.807) is 13.0 Å². The highest BCUT2D eigenvalue weighted by atomic mass is 16.5. The Bertz CT molecular complexity index is 990. The first-order valence-corrected chi connectivity index (χ1v) is 9.57. The second kappa shape index (κ2) is 8.67. The summed E-state index contributed by atoms with van der Waals surface area (Å²) in [6, 6.07) is 17.1. The lowest BCUT2D eigenvalue weighted by Crippen LogP contribution is -2.24. The molecular formula is C23H25NO3. The summed E-state index contributed by atoms with van der Waals surface area (Å²) in [5, 5.41) is 0.553. The molecular weight excluding hydrogens is 338 g/mol. The van der Waals surface area contributed by atoms with Crippen LogP contribution in [0.5, 0.6) is 0 Å². The number of rotatable bonds is 7. The van der Waals surface area contributed by atoms with Crippen molar-refractivity contribution in [2.24, 2.45) is 0 Å². The van der Waals surface area contributed by atoms with E-state index in [1.165, 1.54) is 0 Å². The van der Waals surface area contributed by atoms with Crippen LogP contribution in [0.2, 0.25) is 0 Å². The number of aryl methyl sites for hydroxylation is 1. The summed E-state index contributed by atoms with van der Waals surface area (Å²) >= 11 is 0. The fourth-order valence-corrected chi connectivity index (χ4v) is 3.44. The standard InChI is InChI=1S/C23H25NO3/c1-3-5-11-16-24-19-15-10-9-14-18(19)22(25)20(23(26)27-4-2)21(24)17-12-7-6-8-13-17/h6-10,12-15H,3-5,11,16H2,1-2H3. The minimum absolute atomic E-state index is 0.123. The molecule has 1 heterocycles. The molecule has 0 spiro atoms. The molecule has 0 saturated carbocycles.